The third-order valence-corrected chi connectivity index (χ3v) is 9.16. The molecular formula is C34H44F2N2+2. The Hall–Kier alpha value is -2.62. The van der Waals surface area contributed by atoms with Crippen molar-refractivity contribution in [3.8, 4) is 22.3 Å². The van der Waals surface area contributed by atoms with Crippen LogP contribution in [0.2, 0.25) is 0 Å². The van der Waals surface area contributed by atoms with Crippen LogP contribution in [0, 0.1) is 11.9 Å². The molecule has 0 fully saturated rings. The van der Waals surface area contributed by atoms with Gasteiger partial charge in [-0.05, 0) is 47.2 Å². The van der Waals surface area contributed by atoms with Crippen LogP contribution >= 0.6 is 0 Å². The summed E-state index contributed by atoms with van der Waals surface area (Å²) in [7, 11) is 0. The number of nitrogens with zero attached hydrogens (tertiary/aromatic N) is 2. The fourth-order valence-corrected chi connectivity index (χ4v) is 6.71. The summed E-state index contributed by atoms with van der Waals surface area (Å²) in [6.45, 7) is 14.8. The monoisotopic (exact) mass is 518 g/mol. The molecule has 0 atom stereocenters. The van der Waals surface area contributed by atoms with E-state index in [1.54, 1.807) is 21.3 Å². The Labute approximate surface area is 227 Å². The van der Waals surface area contributed by atoms with E-state index in [0.717, 1.165) is 47.9 Å². The molecule has 2 nitrogen and oxygen atoms in total. The Balaban J connectivity index is 1.54. The predicted molar refractivity (Wildman–Crippen MR) is 150 cm³/mol. The molecule has 0 bridgehead atoms. The zero-order valence-corrected chi connectivity index (χ0v) is 24.2. The fraction of sp³-hybridized carbons (Fsp3) is 0.529. The zero-order valence-electron chi connectivity index (χ0n) is 24.2. The van der Waals surface area contributed by atoms with E-state index in [-0.39, 0.29) is 22.7 Å². The minimum Gasteiger partial charge on any atom is -0.173 e. The van der Waals surface area contributed by atoms with Gasteiger partial charge in [-0.2, -0.15) is 9.13 Å². The van der Waals surface area contributed by atoms with Gasteiger partial charge in [0.05, 0.1) is 12.1 Å². The molecule has 202 valence electrons. The van der Waals surface area contributed by atoms with E-state index >= 15 is 8.78 Å². The molecule has 38 heavy (non-hydrogen) atoms. The summed E-state index contributed by atoms with van der Waals surface area (Å²) < 4.78 is 34.2. The maximum absolute atomic E-state index is 15.3. The summed E-state index contributed by atoms with van der Waals surface area (Å²) in [5.74, 6) is -0.337. The number of aryl methyl sites for hydroxylation is 2. The molecule has 2 aliphatic carbocycles. The highest BCUT2D eigenvalue weighted by atomic mass is 19.1. The van der Waals surface area contributed by atoms with Gasteiger partial charge in [-0.25, -0.2) is 0 Å². The Morgan fingerprint density at radius 1 is 0.526 bits per heavy atom. The fourth-order valence-electron chi connectivity index (χ4n) is 6.71. The first kappa shape index (κ1) is 27.0. The molecule has 0 N–H and O–H groups in total. The molecule has 5 rings (SSSR count). The van der Waals surface area contributed by atoms with E-state index < -0.39 is 0 Å². The van der Waals surface area contributed by atoms with Gasteiger partial charge in [0.15, 0.2) is 25.5 Å². The summed E-state index contributed by atoms with van der Waals surface area (Å²) in [6, 6.07) is 8.03. The molecule has 0 saturated carbocycles. The number of halogens is 2. The largest absolute Gasteiger partial charge is 0.360 e. The second-order valence-electron chi connectivity index (χ2n) is 12.5. The Kier molecular flexibility index (Phi) is 7.22. The Morgan fingerprint density at radius 2 is 0.895 bits per heavy atom. The average Bonchev–Trinajstić information content (AvgIpc) is 3.22. The summed E-state index contributed by atoms with van der Waals surface area (Å²) in [5, 5.41) is 0. The lowest BCUT2D eigenvalue weighted by molar-refractivity contribution is -0.725. The van der Waals surface area contributed by atoms with Crippen molar-refractivity contribution in [2.75, 3.05) is 0 Å². The Morgan fingerprint density at radius 3 is 1.26 bits per heavy atom. The van der Waals surface area contributed by atoms with E-state index in [1.165, 1.54) is 47.9 Å². The van der Waals surface area contributed by atoms with E-state index in [0.29, 0.717) is 13.1 Å². The molecule has 2 aromatic heterocycles. The normalized spacial score (nSPS) is 15.8. The molecule has 2 aliphatic rings. The van der Waals surface area contributed by atoms with Gasteiger partial charge in [-0.15, -0.1) is 8.78 Å². The number of hydrogen-bond acceptors (Lipinski definition) is 0. The van der Waals surface area contributed by atoms with Crippen molar-refractivity contribution in [3.05, 3.63) is 70.8 Å². The molecule has 0 aliphatic heterocycles. The minimum atomic E-state index is -0.252. The number of rotatable bonds is 10. The standard InChI is InChI=1S/C34H44F2N2/c1-7-9-11-13-15-37-21-29-25(19-31(37)35)23-17-28-24(18-27(23)33(29,3)4)26-20-32(36)38(16-14-12-10-8-2)22-30(26)34(28,5)6/h17-22H,7-16H2,1-6H3/q+2. The van der Waals surface area contributed by atoms with E-state index in [4.69, 9.17) is 0 Å². The lowest BCUT2D eigenvalue weighted by atomic mass is 9.79. The molecule has 4 heteroatoms. The molecular weight excluding hydrogens is 474 g/mol. The molecule has 3 aromatic rings. The minimum absolute atomic E-state index is 0.168. The predicted octanol–water partition coefficient (Wildman–Crippen LogP) is 8.31. The van der Waals surface area contributed by atoms with Crippen LogP contribution in [0.4, 0.5) is 8.78 Å². The zero-order chi connectivity index (χ0) is 27.2. The van der Waals surface area contributed by atoms with Crippen LogP contribution in [0.25, 0.3) is 22.3 Å². The van der Waals surface area contributed by atoms with Crippen molar-refractivity contribution in [2.24, 2.45) is 0 Å². The lowest BCUT2D eigenvalue weighted by Crippen LogP contribution is -2.39. The number of hydrogen-bond donors (Lipinski definition) is 0. The SMILES string of the molecule is CCCCCC[n+]1cc2c(cc1F)-c1cc3c(cc1C2(C)C)-c1cc(F)[n+](CCCCCC)cc1C3(C)C. The number of fused-ring (bicyclic) bond motifs is 6. The van der Waals surface area contributed by atoms with Crippen LogP contribution in [0.5, 0.6) is 0 Å². The highest BCUT2D eigenvalue weighted by Gasteiger charge is 2.44. The van der Waals surface area contributed by atoms with Gasteiger partial charge in [0.25, 0.3) is 0 Å². The first-order chi connectivity index (χ1) is 18.1. The van der Waals surface area contributed by atoms with E-state index in [2.05, 4.69) is 53.7 Å². The van der Waals surface area contributed by atoms with Crippen LogP contribution < -0.4 is 9.13 Å². The van der Waals surface area contributed by atoms with Gasteiger partial charge < -0.3 is 0 Å². The van der Waals surface area contributed by atoms with Gasteiger partial charge in [0.2, 0.25) is 0 Å². The maximum Gasteiger partial charge on any atom is 0.360 e. The van der Waals surface area contributed by atoms with E-state index in [9.17, 15) is 0 Å². The van der Waals surface area contributed by atoms with Gasteiger partial charge in [-0.1, -0.05) is 67.2 Å². The molecule has 0 amide bonds. The second-order valence-corrected chi connectivity index (χ2v) is 12.5. The average molecular weight is 519 g/mol. The third kappa shape index (κ3) is 4.38. The van der Waals surface area contributed by atoms with Crippen molar-refractivity contribution >= 4 is 0 Å². The number of benzene rings is 1. The molecule has 1 aromatic carbocycles. The maximum atomic E-state index is 15.3. The van der Waals surface area contributed by atoms with Gasteiger partial charge in [-0.3, -0.25) is 0 Å². The van der Waals surface area contributed by atoms with Crippen LogP contribution in [0.15, 0.2) is 36.7 Å². The van der Waals surface area contributed by atoms with Gasteiger partial charge in [0, 0.05) is 45.9 Å². The van der Waals surface area contributed by atoms with Gasteiger partial charge in [0.1, 0.15) is 0 Å². The molecule has 0 saturated heterocycles. The number of pyridine rings is 2. The van der Waals surface area contributed by atoms with Crippen molar-refractivity contribution in [1.29, 1.82) is 0 Å². The quantitative estimate of drug-likeness (QED) is 0.145. The summed E-state index contributed by atoms with van der Waals surface area (Å²) >= 11 is 0. The van der Waals surface area contributed by atoms with Crippen LogP contribution in [0.1, 0.15) is 115 Å². The Bertz CT molecular complexity index is 1260. The lowest BCUT2D eigenvalue weighted by Gasteiger charge is -2.23. The topological polar surface area (TPSA) is 7.76 Å². The number of aromatic nitrogens is 2. The van der Waals surface area contributed by atoms with Crippen LogP contribution in [-0.4, -0.2) is 0 Å². The number of unbranched alkanes of at least 4 members (excludes halogenated alkanes) is 6. The van der Waals surface area contributed by atoms with Crippen molar-refractivity contribution < 1.29 is 17.9 Å². The van der Waals surface area contributed by atoms with Gasteiger partial charge >= 0.3 is 11.9 Å². The molecule has 2 heterocycles. The molecule has 0 unspecified atom stereocenters. The van der Waals surface area contributed by atoms with E-state index in [1.807, 2.05) is 12.4 Å². The summed E-state index contributed by atoms with van der Waals surface area (Å²) in [5.41, 5.74) is 8.49. The first-order valence-electron chi connectivity index (χ1n) is 14.8. The highest BCUT2D eigenvalue weighted by Crippen LogP contribution is 2.55. The first-order valence-corrected chi connectivity index (χ1v) is 14.8. The van der Waals surface area contributed by atoms with Crippen LogP contribution in [-0.2, 0) is 23.9 Å². The molecule has 0 radical (unpaired) electrons. The summed E-state index contributed by atoms with van der Waals surface area (Å²) in [4.78, 5) is 0. The van der Waals surface area contributed by atoms with Crippen molar-refractivity contribution in [3.63, 3.8) is 0 Å². The third-order valence-electron chi connectivity index (χ3n) is 9.16. The van der Waals surface area contributed by atoms with Crippen LogP contribution in [0.3, 0.4) is 0 Å². The van der Waals surface area contributed by atoms with Crippen molar-refractivity contribution in [1.82, 2.24) is 0 Å². The smallest absolute Gasteiger partial charge is 0.173 e. The molecule has 0 spiro atoms. The van der Waals surface area contributed by atoms with Crippen molar-refractivity contribution in [2.45, 2.75) is 117 Å². The second kappa shape index (κ2) is 10.2. The highest BCUT2D eigenvalue weighted by molar-refractivity contribution is 5.88. The summed E-state index contributed by atoms with van der Waals surface area (Å²) in [6.07, 6.45) is 13.0.